The molecule has 1 unspecified atom stereocenters. The molecule has 0 aromatic rings. The van der Waals surface area contributed by atoms with Crippen LogP contribution < -0.4 is 0 Å². The predicted molar refractivity (Wildman–Crippen MR) is 36.9 cm³/mol. The molecule has 0 amide bonds. The van der Waals surface area contributed by atoms with Crippen LogP contribution in [0.25, 0.3) is 0 Å². The zero-order valence-corrected chi connectivity index (χ0v) is 6.73. The Hall–Kier alpha value is -1.07. The first-order chi connectivity index (χ1) is 5.71. The van der Waals surface area contributed by atoms with E-state index in [1.165, 1.54) is 0 Å². The molecule has 0 fully saturated rings. The first-order valence-electron chi connectivity index (χ1n) is 3.29. The highest BCUT2D eigenvalue weighted by atomic mass is 19.3. The van der Waals surface area contributed by atoms with Crippen molar-refractivity contribution in [3.63, 3.8) is 0 Å². The van der Waals surface area contributed by atoms with Gasteiger partial charge in [0.1, 0.15) is 0 Å². The maximum absolute atomic E-state index is 12.5. The van der Waals surface area contributed by atoms with E-state index < -0.39 is 29.8 Å². The fraction of sp³-hybridized carbons (Fsp3) is 0.571. The smallest absolute Gasteiger partial charge is 0.331 e. The molecule has 0 aliphatic carbocycles. The summed E-state index contributed by atoms with van der Waals surface area (Å²) < 4.78 is 48.4. The third-order valence-corrected chi connectivity index (χ3v) is 1.67. The van der Waals surface area contributed by atoms with Crippen molar-refractivity contribution in [1.82, 2.24) is 0 Å². The van der Waals surface area contributed by atoms with Crippen LogP contribution in [-0.2, 0) is 4.79 Å². The Morgan fingerprint density at radius 2 is 1.85 bits per heavy atom. The van der Waals surface area contributed by atoms with Gasteiger partial charge in [0.2, 0.25) is 0 Å². The lowest BCUT2D eigenvalue weighted by Crippen LogP contribution is -2.36. The number of halogens is 4. The maximum Gasteiger partial charge on any atom is 0.331 e. The largest absolute Gasteiger partial charge is 0.478 e. The standard InChI is InChI=1S/C7H8F4O2/c1-3(5(12)13)4(2)7(10,11)6(8)9/h4,6H,1H2,2H3,(H,12,13). The van der Waals surface area contributed by atoms with Crippen LogP contribution in [0.15, 0.2) is 12.2 Å². The van der Waals surface area contributed by atoms with Crippen LogP contribution in [0.2, 0.25) is 0 Å². The lowest BCUT2D eigenvalue weighted by molar-refractivity contribution is -0.158. The number of alkyl halides is 4. The van der Waals surface area contributed by atoms with Gasteiger partial charge < -0.3 is 5.11 Å². The SMILES string of the molecule is C=C(C(=O)O)C(C)C(F)(F)C(F)F. The molecule has 76 valence electrons. The third kappa shape index (κ3) is 2.43. The number of hydrogen-bond donors (Lipinski definition) is 1. The minimum atomic E-state index is -4.35. The van der Waals surface area contributed by atoms with Crippen molar-refractivity contribution >= 4 is 5.97 Å². The molecule has 0 saturated heterocycles. The fourth-order valence-electron chi connectivity index (χ4n) is 0.606. The molecule has 13 heavy (non-hydrogen) atoms. The second-order valence-corrected chi connectivity index (χ2v) is 2.53. The van der Waals surface area contributed by atoms with E-state index in [0.717, 1.165) is 0 Å². The van der Waals surface area contributed by atoms with E-state index in [-0.39, 0.29) is 0 Å². The summed E-state index contributed by atoms with van der Waals surface area (Å²) in [6.45, 7) is 3.49. The molecule has 0 aliphatic heterocycles. The van der Waals surface area contributed by atoms with Crippen molar-refractivity contribution in [3.05, 3.63) is 12.2 Å². The van der Waals surface area contributed by atoms with Gasteiger partial charge >= 0.3 is 18.3 Å². The van der Waals surface area contributed by atoms with Gasteiger partial charge in [-0.05, 0) is 0 Å². The summed E-state index contributed by atoms with van der Waals surface area (Å²) in [4.78, 5) is 10.1. The highest BCUT2D eigenvalue weighted by Gasteiger charge is 2.48. The molecule has 0 rings (SSSR count). The summed E-state index contributed by atoms with van der Waals surface area (Å²) in [5.41, 5.74) is -0.926. The second-order valence-electron chi connectivity index (χ2n) is 2.53. The summed E-state index contributed by atoms with van der Waals surface area (Å²) in [5.74, 6) is -8.13. The Labute approximate surface area is 71.9 Å². The Balaban J connectivity index is 4.68. The van der Waals surface area contributed by atoms with Gasteiger partial charge in [0.05, 0.1) is 5.92 Å². The van der Waals surface area contributed by atoms with E-state index in [0.29, 0.717) is 6.92 Å². The Morgan fingerprint density at radius 3 is 2.08 bits per heavy atom. The van der Waals surface area contributed by atoms with Gasteiger partial charge in [0.25, 0.3) is 0 Å². The average Bonchev–Trinajstić information content (AvgIpc) is 2.01. The molecule has 2 nitrogen and oxygen atoms in total. The molecule has 0 spiro atoms. The predicted octanol–water partition coefficient (Wildman–Crippen LogP) is 2.16. The van der Waals surface area contributed by atoms with Crippen LogP contribution in [0.3, 0.4) is 0 Å². The van der Waals surface area contributed by atoms with Crippen molar-refractivity contribution in [2.75, 3.05) is 0 Å². The molecule has 1 N–H and O–H groups in total. The van der Waals surface area contributed by atoms with Crippen molar-refractivity contribution in [2.24, 2.45) is 5.92 Å². The van der Waals surface area contributed by atoms with Gasteiger partial charge in [0.15, 0.2) is 0 Å². The van der Waals surface area contributed by atoms with E-state index in [2.05, 4.69) is 6.58 Å². The molecule has 1 atom stereocenters. The van der Waals surface area contributed by atoms with Crippen molar-refractivity contribution in [1.29, 1.82) is 0 Å². The van der Waals surface area contributed by atoms with E-state index in [1.807, 2.05) is 0 Å². The third-order valence-electron chi connectivity index (χ3n) is 1.67. The zero-order valence-electron chi connectivity index (χ0n) is 6.73. The first kappa shape index (κ1) is 11.9. The molecule has 0 heterocycles. The van der Waals surface area contributed by atoms with E-state index in [4.69, 9.17) is 5.11 Å². The molecular formula is C7H8F4O2. The molecule has 0 radical (unpaired) electrons. The molecule has 6 heteroatoms. The van der Waals surface area contributed by atoms with Crippen LogP contribution >= 0.6 is 0 Å². The lowest BCUT2D eigenvalue weighted by atomic mass is 9.96. The highest BCUT2D eigenvalue weighted by Crippen LogP contribution is 2.34. The van der Waals surface area contributed by atoms with E-state index >= 15 is 0 Å². The number of carbonyl (C=O) groups is 1. The van der Waals surface area contributed by atoms with Crippen LogP contribution in [0.4, 0.5) is 17.6 Å². The number of rotatable bonds is 4. The average molecular weight is 200 g/mol. The van der Waals surface area contributed by atoms with E-state index in [1.54, 1.807) is 0 Å². The minimum Gasteiger partial charge on any atom is -0.478 e. The minimum absolute atomic E-state index is 0.697. The summed E-state index contributed by atoms with van der Waals surface area (Å²) in [6.07, 6.45) is -3.89. The Morgan fingerprint density at radius 1 is 1.46 bits per heavy atom. The van der Waals surface area contributed by atoms with Gasteiger partial charge in [0, 0.05) is 5.57 Å². The van der Waals surface area contributed by atoms with Gasteiger partial charge in [-0.1, -0.05) is 13.5 Å². The highest BCUT2D eigenvalue weighted by molar-refractivity contribution is 5.86. The van der Waals surface area contributed by atoms with E-state index in [9.17, 15) is 22.4 Å². The summed E-state index contributed by atoms with van der Waals surface area (Å²) >= 11 is 0. The molecule has 0 aromatic heterocycles. The maximum atomic E-state index is 12.5. The Bertz CT molecular complexity index is 225. The summed E-state index contributed by atoms with van der Waals surface area (Å²) in [6, 6.07) is 0. The quantitative estimate of drug-likeness (QED) is 0.557. The monoisotopic (exact) mass is 200 g/mol. The zero-order chi connectivity index (χ0) is 10.8. The van der Waals surface area contributed by atoms with Gasteiger partial charge in [-0.3, -0.25) is 0 Å². The Kier molecular flexibility index (Phi) is 3.45. The number of hydrogen-bond acceptors (Lipinski definition) is 1. The number of carboxylic acid groups (broad SMARTS) is 1. The number of aliphatic carboxylic acids is 1. The number of carboxylic acids is 1. The van der Waals surface area contributed by atoms with Crippen molar-refractivity contribution < 1.29 is 27.5 Å². The molecular weight excluding hydrogens is 192 g/mol. The van der Waals surface area contributed by atoms with Crippen LogP contribution in [0, 0.1) is 5.92 Å². The topological polar surface area (TPSA) is 37.3 Å². The molecule has 0 bridgehead atoms. The lowest BCUT2D eigenvalue weighted by Gasteiger charge is -2.22. The van der Waals surface area contributed by atoms with Crippen LogP contribution in [0.1, 0.15) is 6.92 Å². The summed E-state index contributed by atoms with van der Waals surface area (Å²) in [7, 11) is 0. The van der Waals surface area contributed by atoms with Crippen LogP contribution in [0.5, 0.6) is 0 Å². The van der Waals surface area contributed by atoms with Crippen LogP contribution in [-0.4, -0.2) is 23.4 Å². The second kappa shape index (κ2) is 3.76. The van der Waals surface area contributed by atoms with Gasteiger partial charge in [-0.2, -0.15) is 8.78 Å². The van der Waals surface area contributed by atoms with Crippen molar-refractivity contribution in [3.8, 4) is 0 Å². The summed E-state index contributed by atoms with van der Waals surface area (Å²) in [5, 5.41) is 8.22. The van der Waals surface area contributed by atoms with Gasteiger partial charge in [-0.25, -0.2) is 13.6 Å². The molecule has 0 saturated carbocycles. The first-order valence-corrected chi connectivity index (χ1v) is 3.29. The molecule has 0 aromatic carbocycles. The van der Waals surface area contributed by atoms with Gasteiger partial charge in [-0.15, -0.1) is 0 Å². The fourth-order valence-corrected chi connectivity index (χ4v) is 0.606. The van der Waals surface area contributed by atoms with Crippen molar-refractivity contribution in [2.45, 2.75) is 19.3 Å². The molecule has 0 aliphatic rings. The normalized spacial score (nSPS) is 14.3.